The van der Waals surface area contributed by atoms with Gasteiger partial charge in [0.05, 0.1) is 13.7 Å². The van der Waals surface area contributed by atoms with Crippen molar-refractivity contribution < 1.29 is 14.3 Å². The molecule has 2 N–H and O–H groups in total. The second kappa shape index (κ2) is 9.58. The van der Waals surface area contributed by atoms with Crippen molar-refractivity contribution >= 4 is 17.5 Å². The first kappa shape index (κ1) is 19.5. The fourth-order valence-corrected chi connectivity index (χ4v) is 2.54. The predicted molar refractivity (Wildman–Crippen MR) is 102 cm³/mol. The third kappa shape index (κ3) is 5.89. The van der Waals surface area contributed by atoms with Crippen LogP contribution in [0.2, 0.25) is 0 Å². The lowest BCUT2D eigenvalue weighted by atomic mass is 10.2. The van der Waals surface area contributed by atoms with Crippen molar-refractivity contribution in [2.45, 2.75) is 13.5 Å². The summed E-state index contributed by atoms with van der Waals surface area (Å²) in [5.41, 5.74) is 2.23. The standard InChI is InChI=1S/C20H25N3O3/c1-4-21-20(25)16-6-5-7-17(12-16)22-19(24)14-23(2)13-15-8-10-18(26-3)11-9-15/h5-12H,4,13-14H2,1-3H3,(H,21,25)(H,22,24). The zero-order valence-electron chi connectivity index (χ0n) is 15.4. The highest BCUT2D eigenvalue weighted by molar-refractivity contribution is 5.97. The lowest BCUT2D eigenvalue weighted by Gasteiger charge is -2.17. The third-order valence-electron chi connectivity index (χ3n) is 3.77. The molecule has 6 heteroatoms. The molecule has 0 saturated heterocycles. The number of rotatable bonds is 8. The summed E-state index contributed by atoms with van der Waals surface area (Å²) in [6.45, 7) is 3.32. The number of hydrogen-bond acceptors (Lipinski definition) is 4. The second-order valence-corrected chi connectivity index (χ2v) is 6.01. The Hall–Kier alpha value is -2.86. The Balaban J connectivity index is 1.89. The van der Waals surface area contributed by atoms with E-state index in [0.29, 0.717) is 24.3 Å². The number of nitrogens with one attached hydrogen (secondary N) is 2. The summed E-state index contributed by atoms with van der Waals surface area (Å²) in [5.74, 6) is 0.524. The molecular weight excluding hydrogens is 330 g/mol. The van der Waals surface area contributed by atoms with Gasteiger partial charge in [-0.2, -0.15) is 0 Å². The van der Waals surface area contributed by atoms with E-state index in [1.807, 2.05) is 43.1 Å². The van der Waals surface area contributed by atoms with Gasteiger partial charge in [0.2, 0.25) is 5.91 Å². The normalized spacial score (nSPS) is 10.5. The van der Waals surface area contributed by atoms with Gasteiger partial charge in [-0.25, -0.2) is 0 Å². The van der Waals surface area contributed by atoms with E-state index < -0.39 is 0 Å². The molecule has 0 fully saturated rings. The van der Waals surface area contributed by atoms with Gasteiger partial charge >= 0.3 is 0 Å². The maximum absolute atomic E-state index is 12.2. The van der Waals surface area contributed by atoms with Crippen LogP contribution in [0.4, 0.5) is 5.69 Å². The second-order valence-electron chi connectivity index (χ2n) is 6.01. The van der Waals surface area contributed by atoms with Crippen molar-refractivity contribution in [3.63, 3.8) is 0 Å². The summed E-state index contributed by atoms with van der Waals surface area (Å²) in [6.07, 6.45) is 0. The Kier molecular flexibility index (Phi) is 7.17. The number of benzene rings is 2. The molecule has 26 heavy (non-hydrogen) atoms. The van der Waals surface area contributed by atoms with Gasteiger partial charge in [-0.3, -0.25) is 14.5 Å². The van der Waals surface area contributed by atoms with E-state index in [-0.39, 0.29) is 18.4 Å². The van der Waals surface area contributed by atoms with Crippen LogP contribution in [0, 0.1) is 0 Å². The fraction of sp³-hybridized carbons (Fsp3) is 0.300. The minimum absolute atomic E-state index is 0.130. The largest absolute Gasteiger partial charge is 0.497 e. The van der Waals surface area contributed by atoms with Crippen molar-refractivity contribution in [3.8, 4) is 5.75 Å². The molecule has 2 aromatic carbocycles. The van der Waals surface area contributed by atoms with E-state index in [2.05, 4.69) is 10.6 Å². The SMILES string of the molecule is CCNC(=O)c1cccc(NC(=O)CN(C)Cc2ccc(OC)cc2)c1. The van der Waals surface area contributed by atoms with Crippen LogP contribution in [0.15, 0.2) is 48.5 Å². The molecule has 0 atom stereocenters. The first-order chi connectivity index (χ1) is 12.5. The van der Waals surface area contributed by atoms with Gasteiger partial charge in [0.25, 0.3) is 5.91 Å². The minimum Gasteiger partial charge on any atom is -0.497 e. The molecule has 0 bridgehead atoms. The number of hydrogen-bond donors (Lipinski definition) is 2. The van der Waals surface area contributed by atoms with E-state index in [1.165, 1.54) is 0 Å². The van der Waals surface area contributed by atoms with E-state index in [1.54, 1.807) is 31.4 Å². The number of carbonyl (C=O) groups excluding carboxylic acids is 2. The van der Waals surface area contributed by atoms with Gasteiger partial charge in [-0.15, -0.1) is 0 Å². The predicted octanol–water partition coefficient (Wildman–Crippen LogP) is 2.52. The summed E-state index contributed by atoms with van der Waals surface area (Å²) in [4.78, 5) is 26.0. The number of ether oxygens (including phenoxy) is 1. The van der Waals surface area contributed by atoms with Crippen LogP contribution in [0.25, 0.3) is 0 Å². The van der Waals surface area contributed by atoms with Crippen LogP contribution in [-0.4, -0.2) is 44.0 Å². The lowest BCUT2D eigenvalue weighted by Crippen LogP contribution is -2.30. The highest BCUT2D eigenvalue weighted by Crippen LogP contribution is 2.13. The van der Waals surface area contributed by atoms with Gasteiger partial charge in [-0.1, -0.05) is 18.2 Å². The van der Waals surface area contributed by atoms with Gasteiger partial charge in [0.1, 0.15) is 5.75 Å². The van der Waals surface area contributed by atoms with Gasteiger partial charge in [-0.05, 0) is 49.9 Å². The Morgan fingerprint density at radius 2 is 1.85 bits per heavy atom. The smallest absolute Gasteiger partial charge is 0.251 e. The molecule has 138 valence electrons. The molecule has 2 amide bonds. The maximum atomic E-state index is 12.2. The number of carbonyl (C=O) groups is 2. The molecule has 0 heterocycles. The molecular formula is C20H25N3O3. The third-order valence-corrected chi connectivity index (χ3v) is 3.77. The Morgan fingerprint density at radius 1 is 1.12 bits per heavy atom. The maximum Gasteiger partial charge on any atom is 0.251 e. The highest BCUT2D eigenvalue weighted by atomic mass is 16.5. The summed E-state index contributed by atoms with van der Waals surface area (Å²) in [7, 11) is 3.52. The van der Waals surface area contributed by atoms with Crippen molar-refractivity contribution in [2.75, 3.05) is 32.6 Å². The van der Waals surface area contributed by atoms with Gasteiger partial charge < -0.3 is 15.4 Å². The molecule has 2 rings (SSSR count). The molecule has 0 aliphatic heterocycles. The molecule has 0 spiro atoms. The van der Waals surface area contributed by atoms with Crippen molar-refractivity contribution in [2.24, 2.45) is 0 Å². The van der Waals surface area contributed by atoms with E-state index in [9.17, 15) is 9.59 Å². The Morgan fingerprint density at radius 3 is 2.50 bits per heavy atom. The molecule has 0 radical (unpaired) electrons. The van der Waals surface area contributed by atoms with Crippen LogP contribution in [0.5, 0.6) is 5.75 Å². The van der Waals surface area contributed by atoms with Crippen LogP contribution in [0.3, 0.4) is 0 Å². The molecule has 0 unspecified atom stereocenters. The van der Waals surface area contributed by atoms with Crippen LogP contribution in [0.1, 0.15) is 22.8 Å². The topological polar surface area (TPSA) is 70.7 Å². The Bertz CT molecular complexity index is 744. The minimum atomic E-state index is -0.153. The number of amides is 2. The molecule has 0 aromatic heterocycles. The molecule has 2 aromatic rings. The van der Waals surface area contributed by atoms with Crippen LogP contribution < -0.4 is 15.4 Å². The number of anilines is 1. The summed E-state index contributed by atoms with van der Waals surface area (Å²) < 4.78 is 5.14. The van der Waals surface area contributed by atoms with Crippen LogP contribution >= 0.6 is 0 Å². The zero-order valence-corrected chi connectivity index (χ0v) is 15.4. The Labute approximate surface area is 154 Å². The fourth-order valence-electron chi connectivity index (χ4n) is 2.54. The van der Waals surface area contributed by atoms with Crippen molar-refractivity contribution in [3.05, 3.63) is 59.7 Å². The molecule has 0 aliphatic rings. The number of likely N-dealkylation sites (N-methyl/N-ethyl adjacent to an activating group) is 1. The van der Waals surface area contributed by atoms with Crippen LogP contribution in [-0.2, 0) is 11.3 Å². The first-order valence-electron chi connectivity index (χ1n) is 8.51. The zero-order chi connectivity index (χ0) is 18.9. The molecule has 6 nitrogen and oxygen atoms in total. The van der Waals surface area contributed by atoms with Crippen molar-refractivity contribution in [1.29, 1.82) is 0 Å². The monoisotopic (exact) mass is 355 g/mol. The van der Waals surface area contributed by atoms with Gasteiger partial charge in [0.15, 0.2) is 0 Å². The molecule has 0 saturated carbocycles. The quantitative estimate of drug-likeness (QED) is 0.763. The first-order valence-corrected chi connectivity index (χ1v) is 8.51. The summed E-state index contributed by atoms with van der Waals surface area (Å²) in [5, 5.41) is 5.57. The average Bonchev–Trinajstić information content (AvgIpc) is 2.62. The summed E-state index contributed by atoms with van der Waals surface area (Å²) in [6, 6.07) is 14.7. The number of methoxy groups -OCH3 is 1. The molecule has 0 aliphatic carbocycles. The van der Waals surface area contributed by atoms with E-state index in [4.69, 9.17) is 4.74 Å². The van der Waals surface area contributed by atoms with Crippen molar-refractivity contribution in [1.82, 2.24) is 10.2 Å². The van der Waals surface area contributed by atoms with Gasteiger partial charge in [0, 0.05) is 24.3 Å². The average molecular weight is 355 g/mol. The number of nitrogens with zero attached hydrogens (tertiary/aromatic N) is 1. The summed E-state index contributed by atoms with van der Waals surface area (Å²) >= 11 is 0. The van der Waals surface area contributed by atoms with E-state index >= 15 is 0 Å². The van der Waals surface area contributed by atoms with E-state index in [0.717, 1.165) is 11.3 Å². The lowest BCUT2D eigenvalue weighted by molar-refractivity contribution is -0.117. The highest BCUT2D eigenvalue weighted by Gasteiger charge is 2.10.